The Bertz CT molecular complexity index is 11.6. The van der Waals surface area contributed by atoms with Crippen LogP contribution in [0.25, 0.3) is 0 Å². The fraction of sp³-hybridized carbons (Fsp3) is 0. The third-order valence-corrected chi connectivity index (χ3v) is 0. The molecular weight excluding hydrogens is 507 g/mol. The van der Waals surface area contributed by atoms with Crippen LogP contribution in [0.5, 0.6) is 0 Å². The minimum atomic E-state index is 0. The third-order valence-electron chi connectivity index (χ3n) is 0. The van der Waals surface area contributed by atoms with Crippen molar-refractivity contribution in [2.24, 2.45) is 0 Å². The molecule has 0 aromatic carbocycles. The topological polar surface area (TPSA) is 0 Å². The fourth-order valence-electron chi connectivity index (χ4n) is 0. The Labute approximate surface area is 171 Å². The Morgan fingerprint density at radius 3 is 1.00 bits per heavy atom. The first-order chi connectivity index (χ1) is 0. The monoisotopic (exact) mass is 510 g/mol. The predicted octanol–water partition coefficient (Wildman–Crippen LogP) is -1.57. The van der Waals surface area contributed by atoms with Crippen LogP contribution in [0.4, 0.5) is 0 Å². The van der Waals surface area contributed by atoms with Crippen molar-refractivity contribution in [1.29, 1.82) is 0 Å². The summed E-state index contributed by atoms with van der Waals surface area (Å²) in [4.78, 5) is 0. The van der Waals surface area contributed by atoms with Crippen molar-refractivity contribution < 1.29 is 79.9 Å². The summed E-state index contributed by atoms with van der Waals surface area (Å²) in [6, 6.07) is 0. The standard InChI is InChI=1S/Ce.Fe.K.Sr.W.3H. The minimum Gasteiger partial charge on any atom is 0 e. The van der Waals surface area contributed by atoms with Gasteiger partial charge < -0.3 is 0 Å². The van der Waals surface area contributed by atoms with Crippen LogP contribution in [0, 0.1) is 41.7 Å². The first-order valence-corrected chi connectivity index (χ1v) is 0. The summed E-state index contributed by atoms with van der Waals surface area (Å²) in [7, 11) is 0. The molecule has 0 aliphatic rings. The minimum absolute atomic E-state index is 0. The Morgan fingerprint density at radius 1 is 1.00 bits per heavy atom. The molecule has 5 heteroatoms. The summed E-state index contributed by atoms with van der Waals surface area (Å²) in [6.07, 6.45) is 0. The van der Waals surface area contributed by atoms with Gasteiger partial charge in [0.15, 0.2) is 0 Å². The molecule has 0 rings (SSSR count). The molecule has 0 saturated heterocycles. The van der Waals surface area contributed by atoms with E-state index in [1.54, 1.807) is 0 Å². The summed E-state index contributed by atoms with van der Waals surface area (Å²) in [5, 5.41) is 0. The van der Waals surface area contributed by atoms with Gasteiger partial charge in [-0.05, 0) is 0 Å². The molecule has 0 saturated carbocycles. The number of rotatable bonds is 0. The van der Waals surface area contributed by atoms with Crippen molar-refractivity contribution in [3.05, 3.63) is 0 Å². The van der Waals surface area contributed by atoms with Crippen LogP contribution in [0.1, 0.15) is 0 Å². The zero-order chi connectivity index (χ0) is 0. The molecule has 0 N–H and O–H groups in total. The van der Waals surface area contributed by atoms with Gasteiger partial charge in [0, 0.05) is 79.9 Å². The van der Waals surface area contributed by atoms with Gasteiger partial charge in [0.25, 0.3) is 0 Å². The zero-order valence-electron chi connectivity index (χ0n) is 1.26. The van der Waals surface area contributed by atoms with Crippen LogP contribution in [0.15, 0.2) is 0 Å². The second-order valence-corrected chi connectivity index (χ2v) is 0. The molecule has 0 aromatic rings. The van der Waals surface area contributed by atoms with Gasteiger partial charge in [-0.25, -0.2) is 0 Å². The quantitative estimate of drug-likeness (QED) is 0.347. The predicted molar refractivity (Wildman–Crippen MR) is 15.7 cm³/mol. The Hall–Kier alpha value is 5.70. The van der Waals surface area contributed by atoms with Crippen molar-refractivity contribution in [2.45, 2.75) is 0 Å². The van der Waals surface area contributed by atoms with E-state index < -0.39 is 0 Å². The summed E-state index contributed by atoms with van der Waals surface area (Å²) in [6.45, 7) is 0. The van der Waals surface area contributed by atoms with Gasteiger partial charge in [-0.2, -0.15) is 0 Å². The fourth-order valence-corrected chi connectivity index (χ4v) is 0. The van der Waals surface area contributed by atoms with E-state index in [9.17, 15) is 0 Å². The molecular formula is H3CeFeKSrW. The third kappa shape index (κ3) is 17.7. The van der Waals surface area contributed by atoms with Gasteiger partial charge in [0.2, 0.25) is 0 Å². The molecule has 0 spiro atoms. The van der Waals surface area contributed by atoms with Gasteiger partial charge in [0.05, 0.1) is 0 Å². The van der Waals surface area contributed by atoms with Gasteiger partial charge in [-0.1, -0.05) is 0 Å². The van der Waals surface area contributed by atoms with Crippen LogP contribution in [-0.2, 0) is 38.1 Å². The SMILES string of the molecule is [Ce].[Fe].[KH].[SrH2].[W]. The molecule has 5 heavy (non-hydrogen) atoms. The Kier molecular flexibility index (Phi) is 140. The molecule has 0 fully saturated rings. The van der Waals surface area contributed by atoms with Gasteiger partial charge in [-0.15, -0.1) is 0 Å². The maximum Gasteiger partial charge on any atom is 0 e. The molecule has 0 aliphatic carbocycles. The van der Waals surface area contributed by atoms with Crippen LogP contribution in [0.3, 0.4) is 0 Å². The molecule has 0 radical (unpaired) electrons. The van der Waals surface area contributed by atoms with Crippen molar-refractivity contribution in [3.8, 4) is 0 Å². The van der Waals surface area contributed by atoms with Crippen LogP contribution in [0.2, 0.25) is 0 Å². The normalized spacial score (nSPS) is 0. The van der Waals surface area contributed by atoms with Crippen molar-refractivity contribution in [2.75, 3.05) is 0 Å². The van der Waals surface area contributed by atoms with Crippen LogP contribution in [-0.4, -0.2) is 96.9 Å². The van der Waals surface area contributed by atoms with Gasteiger partial charge in [0.1, 0.15) is 0 Å². The average Bonchev–Trinajstić information content (AvgIpc) is 0. The van der Waals surface area contributed by atoms with Gasteiger partial charge >= 0.3 is 96.9 Å². The van der Waals surface area contributed by atoms with Crippen LogP contribution < -0.4 is 0 Å². The second kappa shape index (κ2) is 22.6. The molecule has 0 amide bonds. The first kappa shape index (κ1) is 31.0. The molecule has 0 nitrogen and oxygen atoms in total. The maximum atomic E-state index is 0. The van der Waals surface area contributed by atoms with E-state index in [0.717, 1.165) is 0 Å². The molecule has 0 unspecified atom stereocenters. The summed E-state index contributed by atoms with van der Waals surface area (Å²) >= 11 is 0. The van der Waals surface area contributed by atoms with E-state index in [-0.39, 0.29) is 177 Å². The van der Waals surface area contributed by atoms with Gasteiger partial charge in [-0.3, -0.25) is 0 Å². The van der Waals surface area contributed by atoms with Crippen LogP contribution >= 0.6 is 0 Å². The maximum absolute atomic E-state index is 0. The smallest absolute Gasteiger partial charge is 0 e. The molecule has 0 bridgehead atoms. The van der Waals surface area contributed by atoms with E-state index in [4.69, 9.17) is 0 Å². The molecule has 0 aliphatic heterocycles. The van der Waals surface area contributed by atoms with Crippen molar-refractivity contribution in [1.82, 2.24) is 0 Å². The molecule has 0 aromatic heterocycles. The molecule has 24 valence electrons. The van der Waals surface area contributed by atoms with E-state index in [1.165, 1.54) is 0 Å². The van der Waals surface area contributed by atoms with E-state index in [2.05, 4.69) is 0 Å². The number of hydrogen-bond acceptors (Lipinski definition) is 0. The average molecular weight is 510 g/mol. The Balaban J connectivity index is 0. The van der Waals surface area contributed by atoms with Crippen molar-refractivity contribution >= 4 is 96.9 Å². The van der Waals surface area contributed by atoms with E-state index in [0.29, 0.717) is 0 Å². The summed E-state index contributed by atoms with van der Waals surface area (Å²) < 4.78 is 0. The molecule has 0 heterocycles. The van der Waals surface area contributed by atoms with E-state index >= 15 is 0 Å². The Morgan fingerprint density at radius 2 is 1.00 bits per heavy atom. The van der Waals surface area contributed by atoms with E-state index in [1.807, 2.05) is 0 Å². The second-order valence-electron chi connectivity index (χ2n) is 0. The number of hydrogen-bond donors (Lipinski definition) is 0. The largest absolute Gasteiger partial charge is 0 e. The summed E-state index contributed by atoms with van der Waals surface area (Å²) in [5.41, 5.74) is 0. The van der Waals surface area contributed by atoms with Crippen molar-refractivity contribution in [3.63, 3.8) is 0 Å². The zero-order valence-corrected chi connectivity index (χ0v) is 8.44. The summed E-state index contributed by atoms with van der Waals surface area (Å²) in [5.74, 6) is 0. The molecule has 0 atom stereocenters. The first-order valence-electron chi connectivity index (χ1n) is 0.